The molecule has 2 rings (SSSR count). The second kappa shape index (κ2) is 4.41. The lowest BCUT2D eigenvalue weighted by Gasteiger charge is -2.44. The van der Waals surface area contributed by atoms with Gasteiger partial charge in [0.15, 0.2) is 0 Å². The molecule has 2 aliphatic rings. The number of ether oxygens (including phenoxy) is 1. The van der Waals surface area contributed by atoms with Gasteiger partial charge in [-0.1, -0.05) is 6.92 Å². The summed E-state index contributed by atoms with van der Waals surface area (Å²) < 4.78 is 5.17. The topological polar surface area (TPSA) is 49.9 Å². The van der Waals surface area contributed by atoms with Crippen molar-refractivity contribution in [1.29, 1.82) is 0 Å². The summed E-state index contributed by atoms with van der Waals surface area (Å²) in [5.74, 6) is 0.201. The van der Waals surface area contributed by atoms with Gasteiger partial charge >= 0.3 is 0 Å². The van der Waals surface area contributed by atoms with Crippen molar-refractivity contribution in [3.05, 3.63) is 0 Å². The predicted octanol–water partition coefficient (Wildman–Crippen LogP) is -0.286. The average molecular weight is 226 g/mol. The Morgan fingerprint density at radius 2 is 1.94 bits per heavy atom. The van der Waals surface area contributed by atoms with Crippen LogP contribution >= 0.6 is 0 Å². The first-order valence-corrected chi connectivity index (χ1v) is 5.78. The molecule has 0 spiro atoms. The highest BCUT2D eigenvalue weighted by molar-refractivity contribution is 5.84. The SMILES string of the molecule is CCC1(C(=O)N2CCN(C=O)CC2)COC1. The molecule has 2 saturated heterocycles. The summed E-state index contributed by atoms with van der Waals surface area (Å²) in [6.45, 7) is 5.74. The van der Waals surface area contributed by atoms with E-state index in [9.17, 15) is 9.59 Å². The largest absolute Gasteiger partial charge is 0.379 e. The van der Waals surface area contributed by atoms with Crippen molar-refractivity contribution in [3.8, 4) is 0 Å². The summed E-state index contributed by atoms with van der Waals surface area (Å²) in [7, 11) is 0. The highest BCUT2D eigenvalue weighted by Gasteiger charge is 2.46. The fourth-order valence-corrected chi connectivity index (χ4v) is 2.19. The number of carbonyl (C=O) groups is 2. The van der Waals surface area contributed by atoms with Gasteiger partial charge in [-0.25, -0.2) is 0 Å². The number of nitrogens with zero attached hydrogens (tertiary/aromatic N) is 2. The molecule has 2 heterocycles. The number of carbonyl (C=O) groups excluding carboxylic acids is 2. The van der Waals surface area contributed by atoms with Gasteiger partial charge in [-0.15, -0.1) is 0 Å². The Hall–Kier alpha value is -1.10. The lowest BCUT2D eigenvalue weighted by molar-refractivity contribution is -0.175. The standard InChI is InChI=1S/C11H18N2O3/c1-2-11(7-16-8-11)10(15)13-5-3-12(9-14)4-6-13/h9H,2-8H2,1H3. The fourth-order valence-electron chi connectivity index (χ4n) is 2.19. The normalized spacial score (nSPS) is 23.8. The van der Waals surface area contributed by atoms with Crippen molar-refractivity contribution < 1.29 is 14.3 Å². The molecule has 0 unspecified atom stereocenters. The van der Waals surface area contributed by atoms with E-state index >= 15 is 0 Å². The first kappa shape index (κ1) is 11.4. The minimum atomic E-state index is -0.274. The third kappa shape index (κ3) is 1.80. The second-order valence-electron chi connectivity index (χ2n) is 4.56. The van der Waals surface area contributed by atoms with Crippen molar-refractivity contribution in [2.24, 2.45) is 5.41 Å². The summed E-state index contributed by atoms with van der Waals surface area (Å²) in [6.07, 6.45) is 1.68. The van der Waals surface area contributed by atoms with Crippen LogP contribution < -0.4 is 0 Å². The van der Waals surface area contributed by atoms with E-state index in [2.05, 4.69) is 0 Å². The summed E-state index contributed by atoms with van der Waals surface area (Å²) in [4.78, 5) is 26.4. The monoisotopic (exact) mass is 226 g/mol. The van der Waals surface area contributed by atoms with E-state index in [1.54, 1.807) is 4.90 Å². The van der Waals surface area contributed by atoms with Crippen LogP contribution in [0.15, 0.2) is 0 Å². The Labute approximate surface area is 95.3 Å². The van der Waals surface area contributed by atoms with Crippen molar-refractivity contribution in [3.63, 3.8) is 0 Å². The van der Waals surface area contributed by atoms with E-state index in [1.165, 1.54) is 0 Å². The Morgan fingerprint density at radius 1 is 1.31 bits per heavy atom. The third-order valence-electron chi connectivity index (χ3n) is 3.64. The maximum Gasteiger partial charge on any atom is 0.233 e. The third-order valence-corrected chi connectivity index (χ3v) is 3.64. The van der Waals surface area contributed by atoms with E-state index in [-0.39, 0.29) is 11.3 Å². The molecule has 0 bridgehead atoms. The molecule has 0 aromatic heterocycles. The molecular formula is C11H18N2O3. The lowest BCUT2D eigenvalue weighted by atomic mass is 9.81. The Morgan fingerprint density at radius 3 is 2.31 bits per heavy atom. The van der Waals surface area contributed by atoms with E-state index in [0.717, 1.165) is 12.8 Å². The molecular weight excluding hydrogens is 208 g/mol. The maximum atomic E-state index is 12.3. The van der Waals surface area contributed by atoms with Gasteiger partial charge in [0.05, 0.1) is 18.6 Å². The van der Waals surface area contributed by atoms with Gasteiger partial charge in [-0.05, 0) is 6.42 Å². The van der Waals surface area contributed by atoms with Gasteiger partial charge in [0, 0.05) is 26.2 Å². The molecule has 0 aromatic carbocycles. The summed E-state index contributed by atoms with van der Waals surface area (Å²) in [5.41, 5.74) is -0.274. The zero-order chi connectivity index (χ0) is 11.6. The van der Waals surface area contributed by atoms with Crippen LogP contribution in [0.5, 0.6) is 0 Å². The molecule has 2 amide bonds. The second-order valence-corrected chi connectivity index (χ2v) is 4.56. The zero-order valence-corrected chi connectivity index (χ0v) is 9.65. The van der Waals surface area contributed by atoms with Gasteiger partial charge in [0.2, 0.25) is 12.3 Å². The van der Waals surface area contributed by atoms with E-state index < -0.39 is 0 Å². The average Bonchev–Trinajstić information content (AvgIpc) is 2.28. The Kier molecular flexibility index (Phi) is 3.14. The number of amides is 2. The van der Waals surface area contributed by atoms with Crippen molar-refractivity contribution in [2.45, 2.75) is 13.3 Å². The zero-order valence-electron chi connectivity index (χ0n) is 9.65. The highest BCUT2D eigenvalue weighted by Crippen LogP contribution is 2.33. The number of hydrogen-bond donors (Lipinski definition) is 0. The van der Waals surface area contributed by atoms with Crippen LogP contribution in [0, 0.1) is 5.41 Å². The Balaban J connectivity index is 1.93. The molecule has 0 saturated carbocycles. The van der Waals surface area contributed by atoms with Crippen molar-refractivity contribution in [2.75, 3.05) is 39.4 Å². The smallest absolute Gasteiger partial charge is 0.233 e. The quantitative estimate of drug-likeness (QED) is 0.622. The molecule has 90 valence electrons. The molecule has 0 aromatic rings. The molecule has 2 aliphatic heterocycles. The summed E-state index contributed by atoms with van der Waals surface area (Å²) in [6, 6.07) is 0. The highest BCUT2D eigenvalue weighted by atomic mass is 16.5. The molecule has 2 fully saturated rings. The molecule has 0 atom stereocenters. The van der Waals surface area contributed by atoms with Crippen LogP contribution in [0.3, 0.4) is 0 Å². The first-order valence-electron chi connectivity index (χ1n) is 5.78. The predicted molar refractivity (Wildman–Crippen MR) is 57.8 cm³/mol. The maximum absolute atomic E-state index is 12.3. The molecule has 0 radical (unpaired) electrons. The number of rotatable bonds is 3. The van der Waals surface area contributed by atoms with Crippen molar-refractivity contribution in [1.82, 2.24) is 9.80 Å². The van der Waals surface area contributed by atoms with Gasteiger partial charge < -0.3 is 14.5 Å². The summed E-state index contributed by atoms with van der Waals surface area (Å²) >= 11 is 0. The molecule has 0 aliphatic carbocycles. The molecule has 5 nitrogen and oxygen atoms in total. The van der Waals surface area contributed by atoms with Crippen LogP contribution in [-0.2, 0) is 14.3 Å². The lowest BCUT2D eigenvalue weighted by Crippen LogP contribution is -2.58. The van der Waals surface area contributed by atoms with E-state index in [0.29, 0.717) is 39.4 Å². The molecule has 5 heteroatoms. The van der Waals surface area contributed by atoms with Crippen LogP contribution in [-0.4, -0.2) is 61.5 Å². The minimum Gasteiger partial charge on any atom is -0.379 e. The minimum absolute atomic E-state index is 0.201. The van der Waals surface area contributed by atoms with Crippen molar-refractivity contribution >= 4 is 12.3 Å². The summed E-state index contributed by atoms with van der Waals surface area (Å²) in [5, 5.41) is 0. The van der Waals surface area contributed by atoms with E-state index in [4.69, 9.17) is 4.74 Å². The van der Waals surface area contributed by atoms with Gasteiger partial charge in [-0.2, -0.15) is 0 Å². The van der Waals surface area contributed by atoms with Crippen LogP contribution in [0.1, 0.15) is 13.3 Å². The van der Waals surface area contributed by atoms with Crippen LogP contribution in [0.4, 0.5) is 0 Å². The molecule has 0 N–H and O–H groups in total. The number of hydrogen-bond acceptors (Lipinski definition) is 3. The van der Waals surface area contributed by atoms with Gasteiger partial charge in [-0.3, -0.25) is 9.59 Å². The Bertz CT molecular complexity index is 275. The van der Waals surface area contributed by atoms with Crippen LogP contribution in [0.25, 0.3) is 0 Å². The molecule has 16 heavy (non-hydrogen) atoms. The first-order chi connectivity index (χ1) is 7.72. The number of piperazine rings is 1. The van der Waals surface area contributed by atoms with E-state index in [1.807, 2.05) is 11.8 Å². The van der Waals surface area contributed by atoms with Gasteiger partial charge in [0.25, 0.3) is 0 Å². The van der Waals surface area contributed by atoms with Gasteiger partial charge in [0.1, 0.15) is 0 Å². The van der Waals surface area contributed by atoms with Crippen LogP contribution in [0.2, 0.25) is 0 Å². The fraction of sp³-hybridized carbons (Fsp3) is 0.818.